The van der Waals surface area contributed by atoms with Gasteiger partial charge in [-0.2, -0.15) is 5.26 Å². The van der Waals surface area contributed by atoms with Gasteiger partial charge in [-0.1, -0.05) is 36.5 Å². The normalized spacial score (nSPS) is 11.0. The summed E-state index contributed by atoms with van der Waals surface area (Å²) >= 11 is 12.1. The highest BCUT2D eigenvalue weighted by Gasteiger charge is 2.14. The van der Waals surface area contributed by atoms with E-state index in [2.05, 4.69) is 5.32 Å². The van der Waals surface area contributed by atoms with Crippen LogP contribution in [0, 0.1) is 11.3 Å². The van der Waals surface area contributed by atoms with Crippen LogP contribution in [0.15, 0.2) is 64.6 Å². The first-order valence-corrected chi connectivity index (χ1v) is 10.9. The summed E-state index contributed by atoms with van der Waals surface area (Å²) in [6.45, 7) is 2.37. The number of rotatable bonds is 8. The maximum absolute atomic E-state index is 12.5. The van der Waals surface area contributed by atoms with E-state index in [1.807, 2.05) is 13.0 Å². The zero-order chi connectivity index (χ0) is 23.8. The van der Waals surface area contributed by atoms with Crippen LogP contribution < -0.4 is 5.32 Å². The van der Waals surface area contributed by atoms with Crippen LogP contribution in [0.4, 0.5) is 5.69 Å². The van der Waals surface area contributed by atoms with Gasteiger partial charge in [0.2, 0.25) is 0 Å². The molecule has 3 rings (SSSR count). The number of unbranched alkanes of at least 4 members (excludes halogenated alkanes) is 1. The van der Waals surface area contributed by atoms with E-state index in [1.165, 1.54) is 6.08 Å². The Hall–Kier alpha value is -3.53. The van der Waals surface area contributed by atoms with Crippen molar-refractivity contribution in [2.45, 2.75) is 19.8 Å². The molecule has 0 saturated carbocycles. The largest absolute Gasteiger partial charge is 0.462 e. The van der Waals surface area contributed by atoms with E-state index in [0.717, 1.165) is 12.8 Å². The standard InChI is InChI=1S/C25H20Cl2N2O4/c1-2-3-12-32-25(31)16-4-7-19(8-5-16)29-24(30)17(15-28)13-20-9-11-23(33-20)21-10-6-18(26)14-22(21)27/h4-11,13-14H,2-3,12H2,1H3,(H,29,30)/b17-13-. The molecule has 33 heavy (non-hydrogen) atoms. The van der Waals surface area contributed by atoms with Crippen molar-refractivity contribution in [3.8, 4) is 17.4 Å². The molecule has 0 aliphatic rings. The van der Waals surface area contributed by atoms with E-state index in [4.69, 9.17) is 32.4 Å². The quantitative estimate of drug-likeness (QED) is 0.166. The summed E-state index contributed by atoms with van der Waals surface area (Å²) in [5, 5.41) is 13.0. The van der Waals surface area contributed by atoms with Crippen molar-refractivity contribution >= 4 is 46.8 Å². The Kier molecular flexibility index (Phi) is 8.31. The maximum Gasteiger partial charge on any atom is 0.338 e. The minimum Gasteiger partial charge on any atom is -0.462 e. The lowest BCUT2D eigenvalue weighted by molar-refractivity contribution is -0.112. The number of halogens is 2. The van der Waals surface area contributed by atoms with Gasteiger partial charge >= 0.3 is 5.97 Å². The molecule has 1 heterocycles. The summed E-state index contributed by atoms with van der Waals surface area (Å²) in [6, 6.07) is 16.4. The van der Waals surface area contributed by atoms with Crippen LogP contribution in [0.3, 0.4) is 0 Å². The number of ether oxygens (including phenoxy) is 1. The fourth-order valence-corrected chi connectivity index (χ4v) is 3.34. The highest BCUT2D eigenvalue weighted by Crippen LogP contribution is 2.32. The summed E-state index contributed by atoms with van der Waals surface area (Å²) in [4.78, 5) is 24.5. The number of hydrogen-bond acceptors (Lipinski definition) is 5. The Labute approximate surface area is 201 Å². The molecule has 0 spiro atoms. The number of esters is 1. The third-order valence-corrected chi connectivity index (χ3v) is 5.13. The number of nitrogens with zero attached hydrogens (tertiary/aromatic N) is 1. The van der Waals surface area contributed by atoms with Crippen LogP contribution in [0.2, 0.25) is 10.0 Å². The lowest BCUT2D eigenvalue weighted by atomic mass is 10.2. The predicted molar refractivity (Wildman–Crippen MR) is 128 cm³/mol. The molecule has 0 atom stereocenters. The molecule has 0 aliphatic heterocycles. The van der Waals surface area contributed by atoms with Gasteiger partial charge in [0.25, 0.3) is 5.91 Å². The summed E-state index contributed by atoms with van der Waals surface area (Å²) in [5.41, 5.74) is 1.29. The molecule has 0 bridgehead atoms. The Morgan fingerprint density at radius 1 is 1.12 bits per heavy atom. The summed E-state index contributed by atoms with van der Waals surface area (Å²) in [7, 11) is 0. The number of furan rings is 1. The maximum atomic E-state index is 12.5. The third-order valence-electron chi connectivity index (χ3n) is 4.58. The van der Waals surface area contributed by atoms with Gasteiger partial charge in [-0.3, -0.25) is 4.79 Å². The van der Waals surface area contributed by atoms with Gasteiger partial charge in [-0.05, 0) is 61.0 Å². The second kappa shape index (κ2) is 11.4. The Bertz CT molecular complexity index is 1220. The van der Waals surface area contributed by atoms with Crippen LogP contribution in [0.5, 0.6) is 0 Å². The van der Waals surface area contributed by atoms with Crippen molar-refractivity contribution in [3.63, 3.8) is 0 Å². The number of nitriles is 1. The van der Waals surface area contributed by atoms with Crippen molar-refractivity contribution in [2.24, 2.45) is 0 Å². The highest BCUT2D eigenvalue weighted by molar-refractivity contribution is 6.36. The number of carbonyl (C=O) groups excluding carboxylic acids is 2. The average Bonchev–Trinajstić information content (AvgIpc) is 3.26. The van der Waals surface area contributed by atoms with Crippen molar-refractivity contribution in [1.82, 2.24) is 0 Å². The lowest BCUT2D eigenvalue weighted by Gasteiger charge is -2.06. The first kappa shape index (κ1) is 24.1. The van der Waals surface area contributed by atoms with Crippen LogP contribution in [0.25, 0.3) is 17.4 Å². The zero-order valence-corrected chi connectivity index (χ0v) is 19.2. The SMILES string of the molecule is CCCCOC(=O)c1ccc(NC(=O)/C(C#N)=C\c2ccc(-c3ccc(Cl)cc3Cl)o2)cc1. The van der Waals surface area contributed by atoms with Crippen molar-refractivity contribution in [3.05, 3.63) is 81.5 Å². The first-order chi connectivity index (χ1) is 15.9. The molecule has 1 N–H and O–H groups in total. The Morgan fingerprint density at radius 3 is 2.55 bits per heavy atom. The topological polar surface area (TPSA) is 92.3 Å². The molecule has 1 aromatic heterocycles. The van der Waals surface area contributed by atoms with Gasteiger partial charge in [-0.25, -0.2) is 4.79 Å². The van der Waals surface area contributed by atoms with Crippen LogP contribution in [0.1, 0.15) is 35.9 Å². The van der Waals surface area contributed by atoms with Crippen molar-refractivity contribution in [1.29, 1.82) is 5.26 Å². The van der Waals surface area contributed by atoms with Gasteiger partial charge in [0, 0.05) is 22.3 Å². The fourth-order valence-electron chi connectivity index (χ4n) is 2.84. The molecule has 1 amide bonds. The minimum atomic E-state index is -0.613. The van der Waals surface area contributed by atoms with E-state index in [1.54, 1.807) is 54.6 Å². The molecule has 0 fully saturated rings. The van der Waals surface area contributed by atoms with Crippen molar-refractivity contribution in [2.75, 3.05) is 11.9 Å². The van der Waals surface area contributed by atoms with Gasteiger partial charge in [0.15, 0.2) is 0 Å². The number of hydrogen-bond donors (Lipinski definition) is 1. The number of carbonyl (C=O) groups is 2. The summed E-state index contributed by atoms with van der Waals surface area (Å²) < 4.78 is 10.9. The highest BCUT2D eigenvalue weighted by atomic mass is 35.5. The molecule has 0 radical (unpaired) electrons. The zero-order valence-electron chi connectivity index (χ0n) is 17.7. The molecule has 0 unspecified atom stereocenters. The molecule has 3 aromatic rings. The lowest BCUT2D eigenvalue weighted by Crippen LogP contribution is -2.13. The molecule has 2 aromatic carbocycles. The Balaban J connectivity index is 1.68. The molecule has 0 saturated heterocycles. The van der Waals surface area contributed by atoms with E-state index in [9.17, 15) is 14.9 Å². The predicted octanol–water partition coefficient (Wildman–Crippen LogP) is 6.76. The molecule has 6 nitrogen and oxygen atoms in total. The van der Waals surface area contributed by atoms with E-state index < -0.39 is 11.9 Å². The van der Waals surface area contributed by atoms with E-state index >= 15 is 0 Å². The molecule has 168 valence electrons. The van der Waals surface area contributed by atoms with Gasteiger partial charge < -0.3 is 14.5 Å². The van der Waals surface area contributed by atoms with Gasteiger partial charge in [0.1, 0.15) is 23.2 Å². The van der Waals surface area contributed by atoms with E-state index in [-0.39, 0.29) is 5.57 Å². The monoisotopic (exact) mass is 482 g/mol. The fraction of sp³-hybridized carbons (Fsp3) is 0.160. The third kappa shape index (κ3) is 6.48. The summed E-state index contributed by atoms with van der Waals surface area (Å²) in [6.07, 6.45) is 3.07. The Morgan fingerprint density at radius 2 is 1.88 bits per heavy atom. The molecule has 8 heteroatoms. The molecular formula is C25H20Cl2N2O4. The number of nitrogens with one attached hydrogen (secondary N) is 1. The minimum absolute atomic E-state index is 0.152. The van der Waals surface area contributed by atoms with E-state index in [0.29, 0.717) is 45.0 Å². The molecule has 0 aliphatic carbocycles. The molecular weight excluding hydrogens is 463 g/mol. The second-order valence-corrected chi connectivity index (χ2v) is 7.86. The van der Waals surface area contributed by atoms with Crippen LogP contribution in [-0.2, 0) is 9.53 Å². The number of benzene rings is 2. The number of anilines is 1. The smallest absolute Gasteiger partial charge is 0.338 e. The first-order valence-electron chi connectivity index (χ1n) is 10.2. The van der Waals surface area contributed by atoms with Gasteiger partial charge in [-0.15, -0.1) is 0 Å². The van der Waals surface area contributed by atoms with Gasteiger partial charge in [0.05, 0.1) is 17.2 Å². The number of amides is 1. The second-order valence-electron chi connectivity index (χ2n) is 7.02. The summed E-state index contributed by atoms with van der Waals surface area (Å²) in [5.74, 6) is -0.249. The van der Waals surface area contributed by atoms with Crippen LogP contribution >= 0.6 is 23.2 Å². The average molecular weight is 483 g/mol. The van der Waals surface area contributed by atoms with Crippen LogP contribution in [-0.4, -0.2) is 18.5 Å². The van der Waals surface area contributed by atoms with Crippen molar-refractivity contribution < 1.29 is 18.7 Å².